The second-order valence-electron chi connectivity index (χ2n) is 4.20. The first-order valence-corrected chi connectivity index (χ1v) is 9.80. The molecule has 0 heteroatoms. The molecule has 0 bridgehead atoms. The fraction of sp³-hybridized carbons (Fsp3) is 0.500. The maximum absolute atomic E-state index is 2.16. The van der Waals surface area contributed by atoms with Crippen molar-refractivity contribution in [2.75, 3.05) is 0 Å². The van der Waals surface area contributed by atoms with E-state index in [-0.39, 0.29) is 0 Å². The molecule has 2 aromatic rings. The molecule has 0 heterocycles. The molecule has 0 amide bonds. The molecule has 0 unspecified atom stereocenters. The predicted molar refractivity (Wildman–Crippen MR) is 117 cm³/mol. The van der Waals surface area contributed by atoms with Crippen LogP contribution in [0.15, 0.2) is 60.7 Å². The van der Waals surface area contributed by atoms with Crippen LogP contribution in [-0.2, 0) is 6.42 Å². The van der Waals surface area contributed by atoms with E-state index in [1.165, 1.54) is 17.5 Å². The van der Waals surface area contributed by atoms with Gasteiger partial charge in [-0.15, -0.1) is 0 Å². The Hall–Kier alpha value is -1.56. The zero-order chi connectivity index (χ0) is 19.6. The molecule has 0 nitrogen and oxygen atoms in total. The first kappa shape index (κ1) is 30.3. The van der Waals surface area contributed by atoms with Crippen molar-refractivity contribution in [3.05, 3.63) is 71.8 Å². The van der Waals surface area contributed by atoms with Gasteiger partial charge in [0.2, 0.25) is 0 Å². The average molecular weight is 333 g/mol. The summed E-state index contributed by atoms with van der Waals surface area (Å²) < 4.78 is 0. The van der Waals surface area contributed by atoms with Crippen molar-refractivity contribution in [2.45, 2.75) is 82.1 Å². The molecule has 0 spiro atoms. The molecule has 0 fully saturated rings. The van der Waals surface area contributed by atoms with E-state index in [2.05, 4.69) is 64.1 Å². The van der Waals surface area contributed by atoms with Crippen molar-refractivity contribution >= 4 is 0 Å². The van der Waals surface area contributed by atoms with Gasteiger partial charge in [-0.1, -0.05) is 135 Å². The van der Waals surface area contributed by atoms with E-state index in [0.29, 0.717) is 0 Å². The van der Waals surface area contributed by atoms with E-state index in [1.54, 1.807) is 0 Å². The fourth-order valence-corrected chi connectivity index (χ4v) is 1.25. The fourth-order valence-electron chi connectivity index (χ4n) is 1.25. The normalized spacial score (nSPS) is 7.08. The molecule has 0 saturated heterocycles. The molecule has 0 aliphatic rings. The molecule has 0 N–H and O–H groups in total. The maximum atomic E-state index is 2.16. The third-order valence-electron chi connectivity index (χ3n) is 2.19. The van der Waals surface area contributed by atoms with Crippen molar-refractivity contribution in [1.29, 1.82) is 0 Å². The molecule has 0 aliphatic carbocycles. The van der Waals surface area contributed by atoms with Gasteiger partial charge in [-0.05, 0) is 18.9 Å². The van der Waals surface area contributed by atoms with E-state index < -0.39 is 0 Å². The van der Waals surface area contributed by atoms with Gasteiger partial charge >= 0.3 is 0 Å². The molecular formula is C24H44. The van der Waals surface area contributed by atoms with Gasteiger partial charge in [-0.3, -0.25) is 0 Å². The Morgan fingerprint density at radius 2 is 0.833 bits per heavy atom. The lowest BCUT2D eigenvalue weighted by Crippen LogP contribution is -1.73. The maximum Gasteiger partial charge on any atom is -0.0307 e. The Labute approximate surface area is 154 Å². The summed E-state index contributed by atoms with van der Waals surface area (Å²) in [4.78, 5) is 0. The Balaban J connectivity index is -0.000000114. The van der Waals surface area contributed by atoms with Crippen molar-refractivity contribution in [3.63, 3.8) is 0 Å². The molecule has 2 rings (SSSR count). The van der Waals surface area contributed by atoms with Crippen LogP contribution in [0.1, 0.15) is 79.9 Å². The highest BCUT2D eigenvalue weighted by atomic mass is 13.9. The summed E-state index contributed by atoms with van der Waals surface area (Å²) in [6, 6.07) is 20.7. The van der Waals surface area contributed by atoms with Crippen molar-refractivity contribution in [3.8, 4) is 0 Å². The quantitative estimate of drug-likeness (QED) is 0.489. The van der Waals surface area contributed by atoms with Crippen LogP contribution < -0.4 is 0 Å². The Morgan fingerprint density at radius 3 is 1.00 bits per heavy atom. The molecule has 0 aliphatic heterocycles. The Morgan fingerprint density at radius 1 is 0.542 bits per heavy atom. The van der Waals surface area contributed by atoms with E-state index in [4.69, 9.17) is 0 Å². The zero-order valence-electron chi connectivity index (χ0n) is 18.2. The lowest BCUT2D eigenvalue weighted by atomic mass is 10.2. The van der Waals surface area contributed by atoms with Crippen LogP contribution in [0.4, 0.5) is 0 Å². The molecule has 0 radical (unpaired) electrons. The zero-order valence-corrected chi connectivity index (χ0v) is 18.2. The van der Waals surface area contributed by atoms with Crippen molar-refractivity contribution in [1.82, 2.24) is 0 Å². The van der Waals surface area contributed by atoms with Crippen molar-refractivity contribution < 1.29 is 0 Å². The molecule has 2 aromatic carbocycles. The predicted octanol–water partition coefficient (Wildman–Crippen LogP) is 8.74. The third-order valence-corrected chi connectivity index (χ3v) is 2.19. The van der Waals surface area contributed by atoms with Gasteiger partial charge in [0.25, 0.3) is 0 Å². The van der Waals surface area contributed by atoms with Gasteiger partial charge in [-0.25, -0.2) is 0 Å². The van der Waals surface area contributed by atoms with Gasteiger partial charge in [0, 0.05) is 0 Å². The Kier molecular flexibility index (Phi) is 41.9. The van der Waals surface area contributed by atoms with Gasteiger partial charge in [0.05, 0.1) is 0 Å². The van der Waals surface area contributed by atoms with Crippen LogP contribution in [0.25, 0.3) is 0 Å². The van der Waals surface area contributed by atoms with Gasteiger partial charge in [0.15, 0.2) is 0 Å². The SMILES string of the molecule is CC.CC.CC.CCC.CCc1ccccc1.Cc1ccccc1. The summed E-state index contributed by atoms with van der Waals surface area (Å²) in [5, 5.41) is 0. The second-order valence-corrected chi connectivity index (χ2v) is 4.20. The van der Waals surface area contributed by atoms with E-state index in [1.807, 2.05) is 65.8 Å². The highest BCUT2D eigenvalue weighted by Gasteiger charge is 1.80. The third kappa shape index (κ3) is 28.6. The summed E-state index contributed by atoms with van der Waals surface area (Å²) in [6.45, 7) is 20.5. The second kappa shape index (κ2) is 33.1. The van der Waals surface area contributed by atoms with E-state index in [9.17, 15) is 0 Å². The number of hydrogen-bond acceptors (Lipinski definition) is 0. The smallest absolute Gasteiger partial charge is 0.0307 e. The lowest BCUT2D eigenvalue weighted by molar-refractivity contribution is 1.09. The first-order valence-electron chi connectivity index (χ1n) is 9.80. The van der Waals surface area contributed by atoms with Gasteiger partial charge in [-0.2, -0.15) is 0 Å². The van der Waals surface area contributed by atoms with E-state index in [0.717, 1.165) is 6.42 Å². The van der Waals surface area contributed by atoms with E-state index >= 15 is 0 Å². The summed E-state index contributed by atoms with van der Waals surface area (Å²) in [7, 11) is 0. The Bertz CT molecular complexity index is 362. The monoisotopic (exact) mass is 332 g/mol. The number of rotatable bonds is 1. The van der Waals surface area contributed by atoms with Crippen molar-refractivity contribution in [2.24, 2.45) is 0 Å². The number of aryl methyl sites for hydroxylation is 2. The van der Waals surface area contributed by atoms with Gasteiger partial charge in [0.1, 0.15) is 0 Å². The summed E-state index contributed by atoms with van der Waals surface area (Å²) in [5.74, 6) is 0. The van der Waals surface area contributed by atoms with Crippen LogP contribution in [-0.4, -0.2) is 0 Å². The number of benzene rings is 2. The lowest BCUT2D eigenvalue weighted by Gasteiger charge is -1.89. The van der Waals surface area contributed by atoms with Crippen LogP contribution in [0.2, 0.25) is 0 Å². The number of hydrogen-bond donors (Lipinski definition) is 0. The van der Waals surface area contributed by atoms with Gasteiger partial charge < -0.3 is 0 Å². The minimum Gasteiger partial charge on any atom is -0.0683 e. The topological polar surface area (TPSA) is 0 Å². The summed E-state index contributed by atoms with van der Waals surface area (Å²) in [5.41, 5.74) is 2.73. The standard InChI is InChI=1S/C8H10.C7H8.C3H8.3C2H6/c1-2-8-6-4-3-5-7-8;1-7-5-3-2-4-6-7;1-3-2;3*1-2/h3-7H,2H2,1H3;2-6H,1H3;3H2,1-2H3;3*1-2H3. The average Bonchev–Trinajstić information content (AvgIpc) is 2.69. The minimum absolute atomic E-state index is 1.14. The van der Waals surface area contributed by atoms with Crippen LogP contribution >= 0.6 is 0 Å². The molecule has 24 heavy (non-hydrogen) atoms. The molecule has 0 atom stereocenters. The van der Waals surface area contributed by atoms with Crippen LogP contribution in [0, 0.1) is 6.92 Å². The molecular weight excluding hydrogens is 288 g/mol. The molecule has 0 aromatic heterocycles. The summed E-state index contributed by atoms with van der Waals surface area (Å²) in [6.07, 6.45) is 2.39. The summed E-state index contributed by atoms with van der Waals surface area (Å²) >= 11 is 0. The van der Waals surface area contributed by atoms with Crippen LogP contribution in [0.5, 0.6) is 0 Å². The largest absolute Gasteiger partial charge is 0.0683 e. The molecule has 140 valence electrons. The van der Waals surface area contributed by atoms with Crippen LogP contribution in [0.3, 0.4) is 0 Å². The molecule has 0 saturated carbocycles. The highest BCUT2D eigenvalue weighted by Crippen LogP contribution is 1.96. The minimum atomic E-state index is 1.14. The first-order chi connectivity index (χ1) is 11.7. The highest BCUT2D eigenvalue weighted by molar-refractivity contribution is 5.14.